The minimum atomic E-state index is -0.720. The number of benzene rings is 2. The van der Waals surface area contributed by atoms with Gasteiger partial charge in [-0.15, -0.1) is 0 Å². The highest BCUT2D eigenvalue weighted by molar-refractivity contribution is 6.10. The molecule has 2 saturated heterocycles. The third-order valence-electron chi connectivity index (χ3n) is 7.19. The van der Waals surface area contributed by atoms with Gasteiger partial charge in [-0.3, -0.25) is 24.2 Å². The summed E-state index contributed by atoms with van der Waals surface area (Å²) in [5, 5.41) is 3.15. The highest BCUT2D eigenvalue weighted by Gasteiger charge is 2.52. The molecule has 2 aromatic rings. The lowest BCUT2D eigenvalue weighted by molar-refractivity contribution is -0.122. The summed E-state index contributed by atoms with van der Waals surface area (Å²) in [5.41, 5.74) is 1.76. The highest BCUT2D eigenvalue weighted by Crippen LogP contribution is 2.43. The number of nitrogens with zero attached hydrogens (tertiary/aromatic N) is 3. The molecule has 3 amide bonds. The molecule has 0 aromatic heterocycles. The largest absolute Gasteiger partial charge is 0.352 e. The lowest BCUT2D eigenvalue weighted by Gasteiger charge is -2.48. The standard InChI is InChI=1S/C26H30N4O3/c1-26-14-11-24(32)30(26)22-10-6-5-9-21(22)25(33)29(26)16-13-23(31)27-20-12-15-28(18-20)17-19-7-3-2-4-8-19/h2-10,20H,11-18H2,1H3,(H,27,31). The van der Waals surface area contributed by atoms with Crippen LogP contribution < -0.4 is 10.2 Å². The minimum Gasteiger partial charge on any atom is -0.352 e. The monoisotopic (exact) mass is 446 g/mol. The Balaban J connectivity index is 1.20. The molecular weight excluding hydrogens is 416 g/mol. The molecule has 0 bridgehead atoms. The summed E-state index contributed by atoms with van der Waals surface area (Å²) >= 11 is 0. The first kappa shape index (κ1) is 21.6. The van der Waals surface area contributed by atoms with E-state index < -0.39 is 5.66 Å². The van der Waals surface area contributed by atoms with Crippen molar-refractivity contribution >= 4 is 23.4 Å². The van der Waals surface area contributed by atoms with Gasteiger partial charge in [0.05, 0.1) is 11.3 Å². The van der Waals surface area contributed by atoms with E-state index in [2.05, 4.69) is 22.3 Å². The molecule has 3 heterocycles. The van der Waals surface area contributed by atoms with Gasteiger partial charge in [0.15, 0.2) is 0 Å². The molecule has 0 aliphatic carbocycles. The highest BCUT2D eigenvalue weighted by atomic mass is 16.2. The summed E-state index contributed by atoms with van der Waals surface area (Å²) in [6, 6.07) is 17.7. The Morgan fingerprint density at radius 1 is 1.09 bits per heavy atom. The Morgan fingerprint density at radius 3 is 2.67 bits per heavy atom. The fraction of sp³-hybridized carbons (Fsp3) is 0.423. The maximum atomic E-state index is 13.3. The van der Waals surface area contributed by atoms with Crippen LogP contribution in [0.5, 0.6) is 0 Å². The predicted octanol–water partition coefficient (Wildman–Crippen LogP) is 2.77. The first-order valence-corrected chi connectivity index (χ1v) is 11.8. The van der Waals surface area contributed by atoms with Crippen LogP contribution in [0.3, 0.4) is 0 Å². The molecule has 2 fully saturated rings. The van der Waals surface area contributed by atoms with E-state index in [1.165, 1.54) is 5.56 Å². The number of likely N-dealkylation sites (tertiary alicyclic amines) is 1. The fourth-order valence-electron chi connectivity index (χ4n) is 5.49. The van der Waals surface area contributed by atoms with Crippen LogP contribution in [0.2, 0.25) is 0 Å². The predicted molar refractivity (Wildman–Crippen MR) is 125 cm³/mol. The molecule has 3 aliphatic rings. The zero-order valence-corrected chi connectivity index (χ0v) is 19.0. The van der Waals surface area contributed by atoms with Crippen LogP contribution in [0.25, 0.3) is 0 Å². The van der Waals surface area contributed by atoms with E-state index >= 15 is 0 Å². The molecule has 2 aromatic carbocycles. The number of rotatable bonds is 6. The summed E-state index contributed by atoms with van der Waals surface area (Å²) in [6.45, 7) is 4.89. The maximum absolute atomic E-state index is 13.3. The molecule has 7 heteroatoms. The number of carbonyl (C=O) groups excluding carboxylic acids is 3. The minimum absolute atomic E-state index is 0.0244. The van der Waals surface area contributed by atoms with Gasteiger partial charge in [0.1, 0.15) is 5.66 Å². The molecule has 2 atom stereocenters. The Kier molecular flexibility index (Phi) is 5.66. The first-order chi connectivity index (χ1) is 16.0. The summed E-state index contributed by atoms with van der Waals surface area (Å²) in [7, 11) is 0. The van der Waals surface area contributed by atoms with Crippen molar-refractivity contribution in [1.82, 2.24) is 15.1 Å². The van der Waals surface area contributed by atoms with Crippen LogP contribution >= 0.6 is 0 Å². The van der Waals surface area contributed by atoms with Gasteiger partial charge in [0.25, 0.3) is 5.91 Å². The van der Waals surface area contributed by atoms with Crippen molar-refractivity contribution in [2.24, 2.45) is 0 Å². The van der Waals surface area contributed by atoms with E-state index in [1.54, 1.807) is 15.9 Å². The maximum Gasteiger partial charge on any atom is 0.257 e. The van der Waals surface area contributed by atoms with Gasteiger partial charge < -0.3 is 10.2 Å². The number of hydrogen-bond acceptors (Lipinski definition) is 4. The molecule has 1 N–H and O–H groups in total. The Hall–Kier alpha value is -3.19. The first-order valence-electron chi connectivity index (χ1n) is 11.8. The zero-order chi connectivity index (χ0) is 23.0. The van der Waals surface area contributed by atoms with Crippen LogP contribution in [0, 0.1) is 0 Å². The second-order valence-corrected chi connectivity index (χ2v) is 9.44. The van der Waals surface area contributed by atoms with Gasteiger partial charge in [-0.2, -0.15) is 0 Å². The normalized spacial score (nSPS) is 24.7. The Morgan fingerprint density at radius 2 is 1.85 bits per heavy atom. The summed E-state index contributed by atoms with van der Waals surface area (Å²) in [4.78, 5) is 44.6. The van der Waals surface area contributed by atoms with Crippen molar-refractivity contribution in [2.45, 2.75) is 50.9 Å². The lowest BCUT2D eigenvalue weighted by atomic mass is 9.98. The third kappa shape index (κ3) is 4.02. The van der Waals surface area contributed by atoms with Crippen molar-refractivity contribution in [3.8, 4) is 0 Å². The second-order valence-electron chi connectivity index (χ2n) is 9.44. The van der Waals surface area contributed by atoms with E-state index in [9.17, 15) is 14.4 Å². The summed E-state index contributed by atoms with van der Waals surface area (Å²) < 4.78 is 0. The molecule has 172 valence electrons. The molecule has 5 rings (SSSR count). The third-order valence-corrected chi connectivity index (χ3v) is 7.19. The number of amides is 3. The van der Waals surface area contributed by atoms with Crippen molar-refractivity contribution in [3.05, 3.63) is 65.7 Å². The molecular formula is C26H30N4O3. The van der Waals surface area contributed by atoms with E-state index in [0.29, 0.717) is 30.6 Å². The SMILES string of the molecule is CC12CCC(=O)N1c1ccccc1C(=O)N2CCC(=O)NC1CCN(Cc2ccccc2)C1. The second kappa shape index (κ2) is 8.63. The van der Waals surface area contributed by atoms with Crippen molar-refractivity contribution in [3.63, 3.8) is 0 Å². The number of hydrogen-bond donors (Lipinski definition) is 1. The summed E-state index contributed by atoms with van der Waals surface area (Å²) in [5.74, 6) is -0.134. The smallest absolute Gasteiger partial charge is 0.257 e. The van der Waals surface area contributed by atoms with Gasteiger partial charge >= 0.3 is 0 Å². The average molecular weight is 447 g/mol. The van der Waals surface area contributed by atoms with Crippen LogP contribution in [0.15, 0.2) is 54.6 Å². The van der Waals surface area contributed by atoms with E-state index in [1.807, 2.05) is 43.3 Å². The molecule has 33 heavy (non-hydrogen) atoms. The molecule has 3 aliphatic heterocycles. The number of nitrogens with one attached hydrogen (secondary N) is 1. The van der Waals surface area contributed by atoms with E-state index in [4.69, 9.17) is 0 Å². The number of para-hydroxylation sites is 1. The molecule has 2 unspecified atom stereocenters. The van der Waals surface area contributed by atoms with Gasteiger partial charge in [-0.05, 0) is 37.5 Å². The summed E-state index contributed by atoms with van der Waals surface area (Å²) in [6.07, 6.45) is 2.13. The van der Waals surface area contributed by atoms with Crippen molar-refractivity contribution in [1.29, 1.82) is 0 Å². The number of carbonyl (C=O) groups is 3. The Labute approximate surface area is 194 Å². The fourth-order valence-corrected chi connectivity index (χ4v) is 5.49. The van der Waals surface area contributed by atoms with E-state index in [0.717, 1.165) is 26.1 Å². The van der Waals surface area contributed by atoms with Crippen LogP contribution in [0.1, 0.15) is 48.5 Å². The van der Waals surface area contributed by atoms with Crippen LogP contribution in [-0.2, 0) is 16.1 Å². The van der Waals surface area contributed by atoms with Gasteiger partial charge in [-0.25, -0.2) is 0 Å². The van der Waals surface area contributed by atoms with Gasteiger partial charge in [0, 0.05) is 45.1 Å². The van der Waals surface area contributed by atoms with Crippen LogP contribution in [0.4, 0.5) is 5.69 Å². The quantitative estimate of drug-likeness (QED) is 0.741. The number of fused-ring (bicyclic) bond motifs is 3. The Bertz CT molecular complexity index is 1070. The lowest BCUT2D eigenvalue weighted by Crippen LogP contribution is -2.62. The van der Waals surface area contributed by atoms with Crippen molar-refractivity contribution < 1.29 is 14.4 Å². The number of anilines is 1. The van der Waals surface area contributed by atoms with Gasteiger partial charge in [0.2, 0.25) is 11.8 Å². The molecule has 0 radical (unpaired) electrons. The average Bonchev–Trinajstić information content (AvgIpc) is 3.37. The molecule has 7 nitrogen and oxygen atoms in total. The zero-order valence-electron chi connectivity index (χ0n) is 19.0. The van der Waals surface area contributed by atoms with Crippen LogP contribution in [-0.4, -0.2) is 58.9 Å². The van der Waals surface area contributed by atoms with E-state index in [-0.39, 0.29) is 30.2 Å². The molecule has 0 saturated carbocycles. The van der Waals surface area contributed by atoms with Gasteiger partial charge in [-0.1, -0.05) is 42.5 Å². The molecule has 0 spiro atoms. The van der Waals surface area contributed by atoms with Crippen molar-refractivity contribution in [2.75, 3.05) is 24.5 Å². The topological polar surface area (TPSA) is 73.0 Å².